The summed E-state index contributed by atoms with van der Waals surface area (Å²) in [7, 11) is 0. The minimum atomic E-state index is -1.36. The van der Waals surface area contributed by atoms with Crippen LogP contribution in [0.5, 0.6) is 0 Å². The molecule has 1 aromatic carbocycles. The third kappa shape index (κ3) is 2.79. The molecule has 7 heteroatoms. The Morgan fingerprint density at radius 1 is 1.26 bits per heavy atom. The van der Waals surface area contributed by atoms with Gasteiger partial charge in [0.15, 0.2) is 0 Å². The van der Waals surface area contributed by atoms with Crippen LogP contribution in [0.15, 0.2) is 30.9 Å². The molecule has 1 aromatic rings. The van der Waals surface area contributed by atoms with Gasteiger partial charge in [-0.05, 0) is 31.2 Å². The van der Waals surface area contributed by atoms with Gasteiger partial charge in [-0.2, -0.15) is 0 Å². The van der Waals surface area contributed by atoms with Gasteiger partial charge in [-0.25, -0.2) is 9.69 Å². The molecule has 4 nitrogen and oxygen atoms in total. The summed E-state index contributed by atoms with van der Waals surface area (Å²) in [6, 6.07) is 4.42. The Bertz CT molecular complexity index is 544. The topological polar surface area (TPSA) is 46.6 Å². The number of halogens is 2. The minimum Gasteiger partial charge on any atom is -0.428 e. The largest absolute Gasteiger partial charge is 1.00 e. The molecule has 1 aliphatic heterocycles. The Kier molecular flexibility index (Phi) is 4.69. The van der Waals surface area contributed by atoms with Gasteiger partial charge in [0.05, 0.1) is 5.69 Å². The molecule has 0 bridgehead atoms. The van der Waals surface area contributed by atoms with Crippen LogP contribution < -0.4 is 4.90 Å². The average Bonchev–Trinajstić information content (AvgIpc) is 2.49. The Balaban J connectivity index is 0.00000180. The van der Waals surface area contributed by atoms with Gasteiger partial charge in [0, 0.05) is 10.0 Å². The van der Waals surface area contributed by atoms with Gasteiger partial charge in [-0.15, -0.1) is 0 Å². The summed E-state index contributed by atoms with van der Waals surface area (Å²) < 4.78 is 4.99. The van der Waals surface area contributed by atoms with E-state index in [1.54, 1.807) is 0 Å². The SMILES string of the molecule is C=CC1(C)OC(=O)N(c2cc(Cl)cc(Cl)c2)C1=O.[Cu+]. The second-order valence-electron chi connectivity index (χ2n) is 3.95. The summed E-state index contributed by atoms with van der Waals surface area (Å²) in [6.07, 6.45) is 0.500. The van der Waals surface area contributed by atoms with Crippen molar-refractivity contribution >= 4 is 40.9 Å². The van der Waals surface area contributed by atoms with E-state index < -0.39 is 17.6 Å². The maximum Gasteiger partial charge on any atom is 1.00 e. The van der Waals surface area contributed by atoms with Crippen molar-refractivity contribution in [3.8, 4) is 0 Å². The smallest absolute Gasteiger partial charge is 0.428 e. The molecule has 1 heterocycles. The molecule has 0 saturated carbocycles. The van der Waals surface area contributed by atoms with E-state index in [1.165, 1.54) is 31.2 Å². The molecule has 1 unspecified atom stereocenters. The zero-order chi connectivity index (χ0) is 13.5. The number of ether oxygens (including phenoxy) is 1. The van der Waals surface area contributed by atoms with Gasteiger partial charge in [0.2, 0.25) is 5.60 Å². The number of carbonyl (C=O) groups is 2. The summed E-state index contributed by atoms with van der Waals surface area (Å²) in [6.45, 7) is 4.95. The second-order valence-corrected chi connectivity index (χ2v) is 4.82. The summed E-state index contributed by atoms with van der Waals surface area (Å²) in [5.41, 5.74) is -1.08. The second kappa shape index (κ2) is 5.55. The van der Waals surface area contributed by atoms with Gasteiger partial charge in [0.1, 0.15) is 0 Å². The van der Waals surface area contributed by atoms with Gasteiger partial charge in [-0.3, -0.25) is 4.79 Å². The number of hydrogen-bond donors (Lipinski definition) is 0. The molecule has 104 valence electrons. The van der Waals surface area contributed by atoms with Crippen molar-refractivity contribution in [3.05, 3.63) is 40.9 Å². The van der Waals surface area contributed by atoms with E-state index in [4.69, 9.17) is 27.9 Å². The third-order valence-corrected chi connectivity index (χ3v) is 3.04. The van der Waals surface area contributed by atoms with Crippen LogP contribution in [0, 0.1) is 0 Å². The molecule has 1 saturated heterocycles. The fraction of sp³-hybridized carbons (Fsp3) is 0.167. The number of imide groups is 1. The van der Waals surface area contributed by atoms with Crippen molar-refractivity contribution in [2.75, 3.05) is 4.90 Å². The maximum absolute atomic E-state index is 12.1. The molecule has 1 aliphatic rings. The molecule has 1 fully saturated rings. The van der Waals surface area contributed by atoms with Crippen LogP contribution >= 0.6 is 23.2 Å². The van der Waals surface area contributed by atoms with Crippen molar-refractivity contribution in [1.29, 1.82) is 0 Å². The number of nitrogens with zero attached hydrogens (tertiary/aromatic N) is 1. The van der Waals surface area contributed by atoms with Crippen LogP contribution in [0.4, 0.5) is 10.5 Å². The quantitative estimate of drug-likeness (QED) is 0.607. The van der Waals surface area contributed by atoms with Gasteiger partial charge < -0.3 is 4.74 Å². The first kappa shape index (κ1) is 16.1. The van der Waals surface area contributed by atoms with Crippen molar-refractivity contribution in [3.63, 3.8) is 0 Å². The monoisotopic (exact) mass is 348 g/mol. The maximum atomic E-state index is 12.1. The van der Waals surface area contributed by atoms with Gasteiger partial charge in [0.25, 0.3) is 5.91 Å². The normalized spacial score (nSPS) is 21.9. The van der Waals surface area contributed by atoms with E-state index in [0.717, 1.165) is 4.90 Å². The predicted octanol–water partition coefficient (Wildman–Crippen LogP) is 3.42. The summed E-state index contributed by atoms with van der Waals surface area (Å²) in [5, 5.41) is 0.649. The molecular weight excluding hydrogens is 341 g/mol. The predicted molar refractivity (Wildman–Crippen MR) is 69.0 cm³/mol. The molecule has 0 aliphatic carbocycles. The third-order valence-electron chi connectivity index (χ3n) is 2.60. The Morgan fingerprint density at radius 3 is 2.21 bits per heavy atom. The Hall–Kier alpha value is -1.00. The average molecular weight is 350 g/mol. The van der Waals surface area contributed by atoms with Crippen LogP contribution in [0.25, 0.3) is 0 Å². The summed E-state index contributed by atoms with van der Waals surface area (Å²) >= 11 is 11.7. The summed E-state index contributed by atoms with van der Waals surface area (Å²) in [5.74, 6) is -0.527. The first-order chi connectivity index (χ1) is 8.37. The number of cyclic esters (lactones) is 1. The molecule has 1 atom stereocenters. The standard InChI is InChI=1S/C12H9Cl2NO3.Cu/c1-3-12(2)10(16)15(11(17)18-12)9-5-7(13)4-8(14)6-9;/h3-6H,1H2,2H3;/q;+1. The fourth-order valence-corrected chi connectivity index (χ4v) is 2.11. The van der Waals surface area contributed by atoms with E-state index in [1.807, 2.05) is 0 Å². The van der Waals surface area contributed by atoms with E-state index in [9.17, 15) is 9.59 Å². The Labute approximate surface area is 130 Å². The molecule has 0 N–H and O–H groups in total. The molecular formula is C12H9Cl2CuNO3+. The first-order valence-electron chi connectivity index (χ1n) is 5.04. The van der Waals surface area contributed by atoms with E-state index >= 15 is 0 Å². The fourth-order valence-electron chi connectivity index (χ4n) is 1.60. The number of hydrogen-bond acceptors (Lipinski definition) is 3. The molecule has 19 heavy (non-hydrogen) atoms. The Morgan fingerprint density at radius 2 is 1.79 bits per heavy atom. The van der Waals surface area contributed by atoms with E-state index in [-0.39, 0.29) is 22.8 Å². The van der Waals surface area contributed by atoms with E-state index in [2.05, 4.69) is 6.58 Å². The van der Waals surface area contributed by atoms with Crippen molar-refractivity contribution in [1.82, 2.24) is 0 Å². The van der Waals surface area contributed by atoms with E-state index in [0.29, 0.717) is 10.0 Å². The number of carbonyl (C=O) groups excluding carboxylic acids is 2. The number of anilines is 1. The van der Waals surface area contributed by atoms with Crippen molar-refractivity contribution in [2.24, 2.45) is 0 Å². The van der Waals surface area contributed by atoms with Crippen LogP contribution in [0.1, 0.15) is 6.92 Å². The first-order valence-corrected chi connectivity index (χ1v) is 5.80. The summed E-state index contributed by atoms with van der Waals surface area (Å²) in [4.78, 5) is 24.7. The van der Waals surface area contributed by atoms with Crippen LogP contribution in [0.3, 0.4) is 0 Å². The zero-order valence-corrected chi connectivity index (χ0v) is 12.2. The van der Waals surface area contributed by atoms with Crippen LogP contribution in [0.2, 0.25) is 10.0 Å². The molecule has 0 radical (unpaired) electrons. The van der Waals surface area contributed by atoms with Gasteiger partial charge >= 0.3 is 23.2 Å². The zero-order valence-electron chi connectivity index (χ0n) is 9.75. The van der Waals surface area contributed by atoms with Crippen molar-refractivity contribution < 1.29 is 31.4 Å². The minimum absolute atomic E-state index is 0. The number of benzene rings is 1. The van der Waals surface area contributed by atoms with Crippen LogP contribution in [-0.2, 0) is 26.6 Å². The van der Waals surface area contributed by atoms with Crippen LogP contribution in [-0.4, -0.2) is 17.6 Å². The molecule has 0 spiro atoms. The molecule has 2 amide bonds. The molecule has 2 rings (SSSR count). The van der Waals surface area contributed by atoms with Crippen molar-refractivity contribution in [2.45, 2.75) is 12.5 Å². The number of amides is 2. The molecule has 0 aromatic heterocycles. The number of rotatable bonds is 2. The van der Waals surface area contributed by atoms with Gasteiger partial charge in [-0.1, -0.05) is 29.8 Å².